The molecule has 2 rings (SSSR count). The van der Waals surface area contributed by atoms with Gasteiger partial charge in [0.2, 0.25) is 0 Å². The number of hydrogen-bond donors (Lipinski definition) is 1. The lowest BCUT2D eigenvalue weighted by atomic mass is 10.2. The normalized spacial score (nSPS) is 11.8. The van der Waals surface area contributed by atoms with E-state index < -0.39 is 0 Å². The predicted molar refractivity (Wildman–Crippen MR) is 87.4 cm³/mol. The Morgan fingerprint density at radius 3 is 2.19 bits per heavy atom. The van der Waals surface area contributed by atoms with E-state index in [1.807, 2.05) is 43.3 Å². The minimum absolute atomic E-state index is 0.0966. The first-order chi connectivity index (χ1) is 10.2. The molecule has 0 bridgehead atoms. The van der Waals surface area contributed by atoms with E-state index in [9.17, 15) is 0 Å². The number of ether oxygens (including phenoxy) is 2. The summed E-state index contributed by atoms with van der Waals surface area (Å²) < 4.78 is 11.3. The SMILES string of the molecule is CCOc1ccc(NCC(C)Oc2ccc(C)cc2)cc1. The van der Waals surface area contributed by atoms with Crippen LogP contribution in [-0.2, 0) is 0 Å². The average Bonchev–Trinajstić information content (AvgIpc) is 2.49. The van der Waals surface area contributed by atoms with Crippen molar-refractivity contribution in [3.05, 3.63) is 54.1 Å². The van der Waals surface area contributed by atoms with Crippen molar-refractivity contribution >= 4 is 5.69 Å². The number of benzene rings is 2. The van der Waals surface area contributed by atoms with Crippen LogP contribution in [0.25, 0.3) is 0 Å². The maximum atomic E-state index is 5.87. The largest absolute Gasteiger partial charge is 0.494 e. The van der Waals surface area contributed by atoms with Gasteiger partial charge in [0.25, 0.3) is 0 Å². The first kappa shape index (κ1) is 15.2. The maximum Gasteiger partial charge on any atom is 0.119 e. The van der Waals surface area contributed by atoms with E-state index >= 15 is 0 Å². The Bertz CT molecular complexity index is 534. The quantitative estimate of drug-likeness (QED) is 0.824. The Labute approximate surface area is 126 Å². The summed E-state index contributed by atoms with van der Waals surface area (Å²) in [5, 5.41) is 3.36. The van der Waals surface area contributed by atoms with Gasteiger partial charge in [-0.2, -0.15) is 0 Å². The van der Waals surface area contributed by atoms with Crippen molar-refractivity contribution in [1.29, 1.82) is 0 Å². The Balaban J connectivity index is 1.80. The fraction of sp³-hybridized carbons (Fsp3) is 0.333. The summed E-state index contributed by atoms with van der Waals surface area (Å²) in [6.45, 7) is 7.55. The van der Waals surface area contributed by atoms with Gasteiger partial charge in [-0.05, 0) is 57.2 Å². The summed E-state index contributed by atoms with van der Waals surface area (Å²) in [7, 11) is 0. The van der Waals surface area contributed by atoms with Crippen molar-refractivity contribution in [1.82, 2.24) is 0 Å². The molecule has 1 N–H and O–H groups in total. The Morgan fingerprint density at radius 2 is 1.57 bits per heavy atom. The molecular formula is C18H23NO2. The van der Waals surface area contributed by atoms with Crippen molar-refractivity contribution in [3.63, 3.8) is 0 Å². The van der Waals surface area contributed by atoms with Gasteiger partial charge < -0.3 is 14.8 Å². The summed E-state index contributed by atoms with van der Waals surface area (Å²) in [6.07, 6.45) is 0.0966. The minimum Gasteiger partial charge on any atom is -0.494 e. The zero-order valence-corrected chi connectivity index (χ0v) is 12.9. The summed E-state index contributed by atoms with van der Waals surface area (Å²) in [5.41, 5.74) is 2.31. The number of nitrogens with one attached hydrogen (secondary N) is 1. The molecule has 1 unspecified atom stereocenters. The molecule has 112 valence electrons. The molecule has 21 heavy (non-hydrogen) atoms. The molecule has 0 aromatic heterocycles. The van der Waals surface area contributed by atoms with Crippen LogP contribution >= 0.6 is 0 Å². The van der Waals surface area contributed by atoms with Crippen LogP contribution < -0.4 is 14.8 Å². The Morgan fingerprint density at radius 1 is 0.952 bits per heavy atom. The summed E-state index contributed by atoms with van der Waals surface area (Å²) >= 11 is 0. The molecule has 0 spiro atoms. The second-order valence-electron chi connectivity index (χ2n) is 5.08. The molecule has 0 fully saturated rings. The minimum atomic E-state index is 0.0966. The van der Waals surface area contributed by atoms with Crippen LogP contribution in [0.4, 0.5) is 5.69 Å². The third-order valence-corrected chi connectivity index (χ3v) is 3.12. The van der Waals surface area contributed by atoms with Gasteiger partial charge in [0.15, 0.2) is 0 Å². The van der Waals surface area contributed by atoms with Crippen LogP contribution in [0.5, 0.6) is 11.5 Å². The summed E-state index contributed by atoms with van der Waals surface area (Å²) in [5.74, 6) is 1.80. The van der Waals surface area contributed by atoms with E-state index in [1.54, 1.807) is 0 Å². The second-order valence-corrected chi connectivity index (χ2v) is 5.08. The molecule has 0 aliphatic heterocycles. The van der Waals surface area contributed by atoms with Crippen LogP contribution in [0.3, 0.4) is 0 Å². The highest BCUT2D eigenvalue weighted by molar-refractivity contribution is 5.46. The fourth-order valence-electron chi connectivity index (χ4n) is 1.99. The number of hydrogen-bond acceptors (Lipinski definition) is 3. The third-order valence-electron chi connectivity index (χ3n) is 3.12. The number of aryl methyl sites for hydroxylation is 1. The molecule has 3 nitrogen and oxygen atoms in total. The third kappa shape index (κ3) is 5.03. The van der Waals surface area contributed by atoms with Crippen LogP contribution in [0.15, 0.2) is 48.5 Å². The molecule has 0 amide bonds. The van der Waals surface area contributed by atoms with Crippen molar-refractivity contribution in [2.24, 2.45) is 0 Å². The van der Waals surface area contributed by atoms with Crippen molar-refractivity contribution < 1.29 is 9.47 Å². The van der Waals surface area contributed by atoms with Gasteiger partial charge in [-0.3, -0.25) is 0 Å². The Kier molecular flexibility index (Phi) is 5.50. The van der Waals surface area contributed by atoms with E-state index in [0.29, 0.717) is 6.61 Å². The van der Waals surface area contributed by atoms with Gasteiger partial charge in [0.05, 0.1) is 13.2 Å². The van der Waals surface area contributed by atoms with Crippen LogP contribution in [0.1, 0.15) is 19.4 Å². The van der Waals surface area contributed by atoms with Crippen molar-refractivity contribution in [2.75, 3.05) is 18.5 Å². The molecule has 0 saturated heterocycles. The zero-order chi connectivity index (χ0) is 15.1. The van der Waals surface area contributed by atoms with E-state index in [-0.39, 0.29) is 6.10 Å². The lowest BCUT2D eigenvalue weighted by molar-refractivity contribution is 0.234. The lowest BCUT2D eigenvalue weighted by Gasteiger charge is -2.16. The van der Waals surface area contributed by atoms with Gasteiger partial charge in [-0.25, -0.2) is 0 Å². The van der Waals surface area contributed by atoms with Gasteiger partial charge in [-0.15, -0.1) is 0 Å². The van der Waals surface area contributed by atoms with Gasteiger partial charge >= 0.3 is 0 Å². The molecule has 2 aromatic carbocycles. The zero-order valence-electron chi connectivity index (χ0n) is 12.9. The molecule has 0 heterocycles. The summed E-state index contributed by atoms with van der Waals surface area (Å²) in [4.78, 5) is 0. The van der Waals surface area contributed by atoms with Gasteiger partial charge in [0, 0.05) is 5.69 Å². The molecule has 0 aliphatic carbocycles. The molecular weight excluding hydrogens is 262 g/mol. The molecule has 1 atom stereocenters. The predicted octanol–water partition coefficient (Wildman–Crippen LogP) is 4.27. The molecule has 0 saturated carbocycles. The molecule has 0 aliphatic rings. The standard InChI is InChI=1S/C18H23NO2/c1-4-20-17-11-7-16(8-12-17)19-13-15(3)21-18-9-5-14(2)6-10-18/h5-12,15,19H,4,13H2,1-3H3. The van der Waals surface area contributed by atoms with E-state index in [4.69, 9.17) is 9.47 Å². The highest BCUT2D eigenvalue weighted by Crippen LogP contribution is 2.17. The topological polar surface area (TPSA) is 30.5 Å². The summed E-state index contributed by atoms with van der Waals surface area (Å²) in [6, 6.07) is 16.1. The van der Waals surface area contributed by atoms with Gasteiger partial charge in [-0.1, -0.05) is 17.7 Å². The number of anilines is 1. The second kappa shape index (κ2) is 7.58. The van der Waals surface area contributed by atoms with Crippen LogP contribution in [-0.4, -0.2) is 19.3 Å². The molecule has 0 radical (unpaired) electrons. The van der Waals surface area contributed by atoms with Crippen LogP contribution in [0.2, 0.25) is 0 Å². The van der Waals surface area contributed by atoms with Gasteiger partial charge in [0.1, 0.15) is 17.6 Å². The fourth-order valence-corrected chi connectivity index (χ4v) is 1.99. The van der Waals surface area contributed by atoms with Crippen LogP contribution in [0, 0.1) is 6.92 Å². The first-order valence-corrected chi connectivity index (χ1v) is 7.37. The molecule has 3 heteroatoms. The monoisotopic (exact) mass is 285 g/mol. The lowest BCUT2D eigenvalue weighted by Crippen LogP contribution is -2.22. The van der Waals surface area contributed by atoms with Crippen molar-refractivity contribution in [2.45, 2.75) is 26.9 Å². The van der Waals surface area contributed by atoms with E-state index in [0.717, 1.165) is 23.7 Å². The molecule has 2 aromatic rings. The van der Waals surface area contributed by atoms with E-state index in [2.05, 4.69) is 31.3 Å². The number of rotatable bonds is 7. The highest BCUT2D eigenvalue weighted by Gasteiger charge is 2.04. The van der Waals surface area contributed by atoms with Crippen molar-refractivity contribution in [3.8, 4) is 11.5 Å². The smallest absolute Gasteiger partial charge is 0.119 e. The average molecular weight is 285 g/mol. The maximum absolute atomic E-state index is 5.87. The highest BCUT2D eigenvalue weighted by atomic mass is 16.5. The Hall–Kier alpha value is -2.16. The first-order valence-electron chi connectivity index (χ1n) is 7.37. The van der Waals surface area contributed by atoms with E-state index in [1.165, 1.54) is 5.56 Å².